The van der Waals surface area contributed by atoms with Gasteiger partial charge in [0.15, 0.2) is 0 Å². The minimum atomic E-state index is -0.889. The fraction of sp³-hybridized carbons (Fsp3) is 0.778. The van der Waals surface area contributed by atoms with Gasteiger partial charge in [-0.3, -0.25) is 4.79 Å². The Hall–Kier alpha value is -0.750. The van der Waals surface area contributed by atoms with Crippen LogP contribution in [0.1, 0.15) is 6.42 Å². The van der Waals surface area contributed by atoms with Gasteiger partial charge in [0.05, 0.1) is 5.88 Å². The van der Waals surface area contributed by atoms with Crippen LogP contribution in [0.5, 0.6) is 0 Å². The van der Waals surface area contributed by atoms with E-state index in [4.69, 9.17) is 5.11 Å². The quantitative estimate of drug-likeness (QED) is 0.689. The molecule has 2 fully saturated rings. The third kappa shape index (κ3) is 2.26. The fourth-order valence-corrected chi connectivity index (χ4v) is 2.92. The van der Waals surface area contributed by atoms with Crippen LogP contribution >= 0.6 is 11.8 Å². The monoisotopic (exact) mass is 230 g/mol. The lowest BCUT2D eigenvalue weighted by Gasteiger charge is -2.29. The van der Waals surface area contributed by atoms with Crippen molar-refractivity contribution >= 4 is 23.6 Å². The SMILES string of the molecule is O=C(O)C1CSCN1C(=O)CC1CNC1. The molecular formula is C9H14N2O3S. The van der Waals surface area contributed by atoms with Crippen LogP contribution in [0.25, 0.3) is 0 Å². The largest absolute Gasteiger partial charge is 0.480 e. The summed E-state index contributed by atoms with van der Waals surface area (Å²) >= 11 is 1.51. The van der Waals surface area contributed by atoms with Crippen LogP contribution in [0.15, 0.2) is 0 Å². The van der Waals surface area contributed by atoms with Gasteiger partial charge in [-0.05, 0) is 19.0 Å². The standard InChI is InChI=1S/C9H14N2O3S/c12-8(1-6-2-10-3-6)11-5-15-4-7(11)9(13)14/h6-7,10H,1-5H2,(H,13,14). The number of carboxylic acids is 1. The molecule has 84 valence electrons. The van der Waals surface area contributed by atoms with Crippen LogP contribution < -0.4 is 5.32 Å². The molecule has 6 heteroatoms. The Labute approximate surface area is 92.2 Å². The number of hydrogen-bond acceptors (Lipinski definition) is 4. The minimum absolute atomic E-state index is 0.0149. The molecule has 1 atom stereocenters. The molecule has 0 bridgehead atoms. The van der Waals surface area contributed by atoms with Crippen molar-refractivity contribution in [3.05, 3.63) is 0 Å². The van der Waals surface area contributed by atoms with E-state index in [-0.39, 0.29) is 5.91 Å². The van der Waals surface area contributed by atoms with Crippen LogP contribution in [0.2, 0.25) is 0 Å². The van der Waals surface area contributed by atoms with E-state index in [2.05, 4.69) is 5.32 Å². The maximum atomic E-state index is 11.8. The Morgan fingerprint density at radius 3 is 2.73 bits per heavy atom. The minimum Gasteiger partial charge on any atom is -0.480 e. The van der Waals surface area contributed by atoms with E-state index >= 15 is 0 Å². The zero-order chi connectivity index (χ0) is 10.8. The molecule has 0 radical (unpaired) electrons. The van der Waals surface area contributed by atoms with Crippen LogP contribution in [-0.4, -0.2) is 52.6 Å². The zero-order valence-corrected chi connectivity index (χ0v) is 9.13. The topological polar surface area (TPSA) is 69.6 Å². The number of nitrogens with one attached hydrogen (secondary N) is 1. The van der Waals surface area contributed by atoms with Gasteiger partial charge in [0.25, 0.3) is 0 Å². The molecule has 5 nitrogen and oxygen atoms in total. The number of carboxylic acid groups (broad SMARTS) is 1. The summed E-state index contributed by atoms with van der Waals surface area (Å²) in [4.78, 5) is 24.1. The predicted molar refractivity (Wildman–Crippen MR) is 56.6 cm³/mol. The molecule has 0 aliphatic carbocycles. The van der Waals surface area contributed by atoms with Gasteiger partial charge < -0.3 is 15.3 Å². The summed E-state index contributed by atoms with van der Waals surface area (Å²) < 4.78 is 0. The Balaban J connectivity index is 1.90. The van der Waals surface area contributed by atoms with E-state index < -0.39 is 12.0 Å². The molecule has 0 aromatic carbocycles. The van der Waals surface area contributed by atoms with Crippen LogP contribution in [0.3, 0.4) is 0 Å². The number of carbonyl (C=O) groups is 2. The Bertz CT molecular complexity index is 281. The first kappa shape index (κ1) is 10.8. The summed E-state index contributed by atoms with van der Waals surface area (Å²) in [6.45, 7) is 1.76. The first-order valence-electron chi connectivity index (χ1n) is 4.99. The summed E-state index contributed by atoms with van der Waals surface area (Å²) in [5.74, 6) is 0.538. The van der Waals surface area contributed by atoms with E-state index in [9.17, 15) is 9.59 Å². The van der Waals surface area contributed by atoms with Gasteiger partial charge in [-0.2, -0.15) is 0 Å². The molecule has 15 heavy (non-hydrogen) atoms. The van der Waals surface area contributed by atoms with Crippen molar-refractivity contribution in [2.75, 3.05) is 24.7 Å². The summed E-state index contributed by atoms with van der Waals surface area (Å²) in [7, 11) is 0. The van der Waals surface area contributed by atoms with E-state index in [1.165, 1.54) is 16.7 Å². The van der Waals surface area contributed by atoms with Crippen LogP contribution in [0.4, 0.5) is 0 Å². The number of nitrogens with zero attached hydrogens (tertiary/aromatic N) is 1. The van der Waals surface area contributed by atoms with Crippen molar-refractivity contribution in [3.8, 4) is 0 Å². The highest BCUT2D eigenvalue weighted by Crippen LogP contribution is 2.23. The average Bonchev–Trinajstić information content (AvgIpc) is 2.59. The molecule has 2 saturated heterocycles. The number of aliphatic carboxylic acids is 1. The maximum Gasteiger partial charge on any atom is 0.327 e. The molecule has 1 unspecified atom stereocenters. The van der Waals surface area contributed by atoms with Gasteiger partial charge in [0.2, 0.25) is 5.91 Å². The van der Waals surface area contributed by atoms with Gasteiger partial charge >= 0.3 is 5.97 Å². The highest BCUT2D eigenvalue weighted by molar-refractivity contribution is 7.99. The molecular weight excluding hydrogens is 216 g/mol. The molecule has 1 amide bonds. The third-order valence-corrected chi connectivity index (χ3v) is 3.83. The Kier molecular flexibility index (Phi) is 3.16. The summed E-state index contributed by atoms with van der Waals surface area (Å²) in [5, 5.41) is 12.0. The second-order valence-corrected chi connectivity index (χ2v) is 4.95. The van der Waals surface area contributed by atoms with Gasteiger partial charge in [-0.1, -0.05) is 0 Å². The summed E-state index contributed by atoms with van der Waals surface area (Å²) in [6.07, 6.45) is 0.483. The van der Waals surface area contributed by atoms with Crippen LogP contribution in [-0.2, 0) is 9.59 Å². The van der Waals surface area contributed by atoms with Crippen molar-refractivity contribution in [1.82, 2.24) is 10.2 Å². The summed E-state index contributed by atoms with van der Waals surface area (Å²) in [5.41, 5.74) is 0. The molecule has 0 saturated carbocycles. The van der Waals surface area contributed by atoms with E-state index in [0.29, 0.717) is 24.0 Å². The van der Waals surface area contributed by atoms with Crippen molar-refractivity contribution in [3.63, 3.8) is 0 Å². The lowest BCUT2D eigenvalue weighted by Crippen LogP contribution is -2.47. The molecule has 2 aliphatic heterocycles. The molecule has 0 aromatic rings. The molecule has 0 aromatic heterocycles. The molecule has 2 aliphatic rings. The number of hydrogen-bond donors (Lipinski definition) is 2. The van der Waals surface area contributed by atoms with Crippen molar-refractivity contribution in [2.24, 2.45) is 5.92 Å². The van der Waals surface area contributed by atoms with Gasteiger partial charge in [0.1, 0.15) is 6.04 Å². The highest BCUT2D eigenvalue weighted by Gasteiger charge is 2.35. The smallest absolute Gasteiger partial charge is 0.327 e. The average molecular weight is 230 g/mol. The Morgan fingerprint density at radius 2 is 2.20 bits per heavy atom. The van der Waals surface area contributed by atoms with E-state index in [1.54, 1.807) is 0 Å². The van der Waals surface area contributed by atoms with Gasteiger partial charge in [0, 0.05) is 12.2 Å². The lowest BCUT2D eigenvalue weighted by atomic mass is 9.98. The Morgan fingerprint density at radius 1 is 1.47 bits per heavy atom. The fourth-order valence-electron chi connectivity index (χ4n) is 1.75. The number of carbonyl (C=O) groups excluding carboxylic acids is 1. The number of amides is 1. The first-order chi connectivity index (χ1) is 7.18. The lowest BCUT2D eigenvalue weighted by molar-refractivity contribution is -0.148. The molecule has 2 N–H and O–H groups in total. The van der Waals surface area contributed by atoms with Gasteiger partial charge in [-0.25, -0.2) is 4.79 Å². The summed E-state index contributed by atoms with van der Waals surface area (Å²) in [6, 6.07) is -0.615. The van der Waals surface area contributed by atoms with Crippen molar-refractivity contribution in [2.45, 2.75) is 12.5 Å². The second-order valence-electron chi connectivity index (χ2n) is 3.95. The number of rotatable bonds is 3. The van der Waals surface area contributed by atoms with Crippen LogP contribution in [0, 0.1) is 5.92 Å². The molecule has 2 rings (SSSR count). The number of thioether (sulfide) groups is 1. The van der Waals surface area contributed by atoms with Crippen molar-refractivity contribution in [1.29, 1.82) is 0 Å². The normalized spacial score (nSPS) is 26.4. The zero-order valence-electron chi connectivity index (χ0n) is 8.31. The predicted octanol–water partition coefficient (Wildman–Crippen LogP) is -0.418. The molecule has 0 spiro atoms. The first-order valence-corrected chi connectivity index (χ1v) is 6.14. The third-order valence-electron chi connectivity index (χ3n) is 2.82. The maximum absolute atomic E-state index is 11.8. The van der Waals surface area contributed by atoms with Gasteiger partial charge in [-0.15, -0.1) is 11.8 Å². The van der Waals surface area contributed by atoms with E-state index in [1.807, 2.05) is 0 Å². The second kappa shape index (κ2) is 4.40. The van der Waals surface area contributed by atoms with E-state index in [0.717, 1.165) is 13.1 Å². The highest BCUT2D eigenvalue weighted by atomic mass is 32.2. The van der Waals surface area contributed by atoms with Crippen molar-refractivity contribution < 1.29 is 14.7 Å². The molecule has 2 heterocycles.